The number of hydrogen-bond donors (Lipinski definition) is 3. The molecular formula is C11H21ClN4OS. The second-order valence-electron chi connectivity index (χ2n) is 3.91. The number of nitrogens with one attached hydrogen (secondary N) is 2. The highest BCUT2D eigenvalue weighted by Crippen LogP contribution is 2.08. The molecular weight excluding hydrogens is 272 g/mol. The molecule has 0 aromatic carbocycles. The number of carbonyl (C=O) groups is 1. The highest BCUT2D eigenvalue weighted by molar-refractivity contribution is 7.98. The number of nitrogens with two attached hydrogens (primary N) is 1. The third kappa shape index (κ3) is 5.75. The molecule has 4 N–H and O–H groups in total. The van der Waals surface area contributed by atoms with Gasteiger partial charge in [-0.3, -0.25) is 9.89 Å². The maximum atomic E-state index is 11.7. The zero-order valence-electron chi connectivity index (χ0n) is 10.7. The third-order valence-corrected chi connectivity index (χ3v) is 3.02. The van der Waals surface area contributed by atoms with Crippen molar-refractivity contribution in [3.8, 4) is 0 Å². The summed E-state index contributed by atoms with van der Waals surface area (Å²) in [6.45, 7) is 2.09. The van der Waals surface area contributed by atoms with E-state index in [4.69, 9.17) is 5.73 Å². The fourth-order valence-electron chi connectivity index (χ4n) is 1.42. The van der Waals surface area contributed by atoms with E-state index in [1.807, 2.05) is 12.3 Å². The van der Waals surface area contributed by atoms with Crippen LogP contribution in [-0.4, -0.2) is 34.2 Å². The summed E-state index contributed by atoms with van der Waals surface area (Å²) >= 11 is 1.68. The number of amides is 1. The second kappa shape index (κ2) is 9.24. The van der Waals surface area contributed by atoms with Gasteiger partial charge in [-0.25, -0.2) is 0 Å². The molecule has 5 nitrogen and oxygen atoms in total. The van der Waals surface area contributed by atoms with Crippen molar-refractivity contribution in [3.05, 3.63) is 11.8 Å². The molecule has 1 atom stereocenters. The third-order valence-electron chi connectivity index (χ3n) is 2.37. The highest BCUT2D eigenvalue weighted by atomic mass is 35.5. The van der Waals surface area contributed by atoms with Gasteiger partial charge in [-0.15, -0.1) is 12.4 Å². The van der Waals surface area contributed by atoms with Crippen molar-refractivity contribution >= 4 is 35.9 Å². The first-order valence-electron chi connectivity index (χ1n) is 5.77. The molecule has 0 aliphatic rings. The van der Waals surface area contributed by atoms with Crippen molar-refractivity contribution in [1.29, 1.82) is 0 Å². The largest absolute Gasteiger partial charge is 0.320 e. The lowest BCUT2D eigenvalue weighted by atomic mass is 10.2. The summed E-state index contributed by atoms with van der Waals surface area (Å²) in [6, 6.07) is 1.39. The number of halogens is 1. The summed E-state index contributed by atoms with van der Waals surface area (Å²) in [5, 5.41) is 9.62. The van der Waals surface area contributed by atoms with E-state index in [0.717, 1.165) is 24.3 Å². The van der Waals surface area contributed by atoms with Gasteiger partial charge < -0.3 is 11.1 Å². The second-order valence-corrected chi connectivity index (χ2v) is 4.89. The van der Waals surface area contributed by atoms with Gasteiger partial charge in [0.25, 0.3) is 0 Å². The van der Waals surface area contributed by atoms with Crippen LogP contribution in [0.1, 0.15) is 25.5 Å². The van der Waals surface area contributed by atoms with E-state index in [2.05, 4.69) is 22.4 Å². The predicted molar refractivity (Wildman–Crippen MR) is 79.4 cm³/mol. The molecule has 0 bridgehead atoms. The molecule has 1 heterocycles. The molecule has 18 heavy (non-hydrogen) atoms. The van der Waals surface area contributed by atoms with Gasteiger partial charge in [-0.2, -0.15) is 16.9 Å². The maximum absolute atomic E-state index is 11.7. The van der Waals surface area contributed by atoms with Crippen molar-refractivity contribution in [2.75, 3.05) is 17.3 Å². The zero-order valence-corrected chi connectivity index (χ0v) is 12.4. The maximum Gasteiger partial charge on any atom is 0.242 e. The lowest BCUT2D eigenvalue weighted by Gasteiger charge is -2.09. The fourth-order valence-corrected chi connectivity index (χ4v) is 1.91. The van der Waals surface area contributed by atoms with Crippen LogP contribution in [0.4, 0.5) is 5.82 Å². The first-order valence-corrected chi connectivity index (χ1v) is 7.16. The Kier molecular flexibility index (Phi) is 8.87. The van der Waals surface area contributed by atoms with Crippen molar-refractivity contribution in [1.82, 2.24) is 10.2 Å². The van der Waals surface area contributed by atoms with Crippen LogP contribution in [0.15, 0.2) is 6.07 Å². The molecule has 0 saturated carbocycles. The van der Waals surface area contributed by atoms with Gasteiger partial charge in [0.05, 0.1) is 6.04 Å². The normalized spacial score (nSPS) is 11.7. The van der Waals surface area contributed by atoms with Gasteiger partial charge >= 0.3 is 0 Å². The number of rotatable bonds is 7. The van der Waals surface area contributed by atoms with E-state index in [-0.39, 0.29) is 18.3 Å². The number of anilines is 1. The Bertz CT molecular complexity index is 359. The number of thioether (sulfide) groups is 1. The lowest BCUT2D eigenvalue weighted by molar-refractivity contribution is -0.117. The van der Waals surface area contributed by atoms with Gasteiger partial charge in [0.2, 0.25) is 5.91 Å². The smallest absolute Gasteiger partial charge is 0.242 e. The van der Waals surface area contributed by atoms with E-state index in [0.29, 0.717) is 12.2 Å². The van der Waals surface area contributed by atoms with Crippen LogP contribution in [0, 0.1) is 0 Å². The Labute approximate surface area is 118 Å². The topological polar surface area (TPSA) is 83.8 Å². The van der Waals surface area contributed by atoms with Gasteiger partial charge in [-0.05, 0) is 24.9 Å². The van der Waals surface area contributed by atoms with Crippen LogP contribution < -0.4 is 11.1 Å². The first-order chi connectivity index (χ1) is 8.17. The van der Waals surface area contributed by atoms with Gasteiger partial charge in [0, 0.05) is 11.8 Å². The molecule has 0 saturated heterocycles. The summed E-state index contributed by atoms with van der Waals surface area (Å²) in [5.41, 5.74) is 6.78. The molecule has 1 amide bonds. The number of aromatic amines is 1. The summed E-state index contributed by atoms with van der Waals surface area (Å²) in [7, 11) is 0. The van der Waals surface area contributed by atoms with Gasteiger partial charge in [0.15, 0.2) is 5.82 Å². The average molecular weight is 293 g/mol. The Morgan fingerprint density at radius 2 is 2.39 bits per heavy atom. The number of aryl methyl sites for hydroxylation is 1. The Hall–Kier alpha value is -0.720. The molecule has 0 fully saturated rings. The summed E-state index contributed by atoms with van der Waals surface area (Å²) in [4.78, 5) is 11.7. The lowest BCUT2D eigenvalue weighted by Crippen LogP contribution is -2.36. The fraction of sp³-hybridized carbons (Fsp3) is 0.636. The van der Waals surface area contributed by atoms with Crippen molar-refractivity contribution in [2.24, 2.45) is 5.73 Å². The van der Waals surface area contributed by atoms with Crippen LogP contribution in [0.25, 0.3) is 0 Å². The number of H-pyrrole nitrogens is 1. The minimum absolute atomic E-state index is 0. The van der Waals surface area contributed by atoms with Crippen molar-refractivity contribution in [3.63, 3.8) is 0 Å². The molecule has 0 radical (unpaired) electrons. The molecule has 7 heteroatoms. The summed E-state index contributed by atoms with van der Waals surface area (Å²) in [6.07, 6.45) is 4.65. The van der Waals surface area contributed by atoms with Gasteiger partial charge in [-0.1, -0.05) is 13.3 Å². The standard InChI is InChI=1S/C11H20N4OS.ClH/c1-3-4-8-7-10(15-14-8)13-11(16)9(12)5-6-17-2;/h7,9H,3-6,12H2,1-2H3,(H2,13,14,15,16);1H. The van der Waals surface area contributed by atoms with E-state index in [1.54, 1.807) is 11.8 Å². The molecule has 1 rings (SSSR count). The number of nitrogens with zero attached hydrogens (tertiary/aromatic N) is 1. The first kappa shape index (κ1) is 17.3. The molecule has 0 aliphatic carbocycles. The Morgan fingerprint density at radius 3 is 3.00 bits per heavy atom. The quantitative estimate of drug-likeness (QED) is 0.715. The molecule has 0 spiro atoms. The molecule has 0 aliphatic heterocycles. The minimum atomic E-state index is -0.464. The number of aromatic nitrogens is 2. The van der Waals surface area contributed by atoms with Gasteiger partial charge in [0.1, 0.15) is 0 Å². The average Bonchev–Trinajstić information content (AvgIpc) is 2.74. The Balaban J connectivity index is 0.00000289. The van der Waals surface area contributed by atoms with Crippen LogP contribution in [0.5, 0.6) is 0 Å². The highest BCUT2D eigenvalue weighted by Gasteiger charge is 2.14. The molecule has 1 aromatic rings. The van der Waals surface area contributed by atoms with E-state index < -0.39 is 6.04 Å². The minimum Gasteiger partial charge on any atom is -0.320 e. The van der Waals surface area contributed by atoms with Crippen molar-refractivity contribution in [2.45, 2.75) is 32.2 Å². The van der Waals surface area contributed by atoms with Crippen LogP contribution in [0.3, 0.4) is 0 Å². The number of carbonyl (C=O) groups excluding carboxylic acids is 1. The zero-order chi connectivity index (χ0) is 12.7. The van der Waals surface area contributed by atoms with E-state index in [9.17, 15) is 4.79 Å². The molecule has 1 unspecified atom stereocenters. The Morgan fingerprint density at radius 1 is 1.67 bits per heavy atom. The predicted octanol–water partition coefficient (Wildman–Crippen LogP) is 1.80. The van der Waals surface area contributed by atoms with E-state index >= 15 is 0 Å². The summed E-state index contributed by atoms with van der Waals surface area (Å²) in [5.74, 6) is 1.27. The monoisotopic (exact) mass is 292 g/mol. The van der Waals surface area contributed by atoms with Crippen LogP contribution in [-0.2, 0) is 11.2 Å². The summed E-state index contributed by atoms with van der Waals surface area (Å²) < 4.78 is 0. The van der Waals surface area contributed by atoms with Crippen LogP contribution >= 0.6 is 24.2 Å². The molecule has 104 valence electrons. The molecule has 1 aromatic heterocycles. The van der Waals surface area contributed by atoms with Crippen LogP contribution in [0.2, 0.25) is 0 Å². The van der Waals surface area contributed by atoms with E-state index in [1.165, 1.54) is 0 Å². The SMILES string of the molecule is CCCc1cc(NC(=O)C(N)CCSC)n[nH]1.Cl. The number of hydrogen-bond acceptors (Lipinski definition) is 4. The van der Waals surface area contributed by atoms with Crippen molar-refractivity contribution < 1.29 is 4.79 Å².